The lowest BCUT2D eigenvalue weighted by Crippen LogP contribution is -1.99. The summed E-state index contributed by atoms with van der Waals surface area (Å²) in [5, 5.41) is 9.17. The summed E-state index contributed by atoms with van der Waals surface area (Å²) in [5.74, 6) is 0.334. The van der Waals surface area contributed by atoms with Crippen LogP contribution < -0.4 is 4.74 Å². The molecule has 0 saturated heterocycles. The van der Waals surface area contributed by atoms with E-state index in [2.05, 4.69) is 0 Å². The Balaban J connectivity index is 2.76. The fourth-order valence-electron chi connectivity index (χ4n) is 1.48. The fourth-order valence-corrected chi connectivity index (χ4v) is 2.02. The van der Waals surface area contributed by atoms with Crippen molar-refractivity contribution in [3.63, 3.8) is 0 Å². The third-order valence-electron chi connectivity index (χ3n) is 2.38. The Labute approximate surface area is 116 Å². The molecule has 1 aromatic carbocycles. The molecule has 0 spiro atoms. The van der Waals surface area contributed by atoms with E-state index in [1.165, 1.54) is 31.9 Å². The lowest BCUT2D eigenvalue weighted by Gasteiger charge is -2.04. The predicted molar refractivity (Wildman–Crippen MR) is 76.7 cm³/mol. The summed E-state index contributed by atoms with van der Waals surface area (Å²) >= 11 is 1.25. The molecule has 0 bridgehead atoms. The molecule has 0 fully saturated rings. The summed E-state index contributed by atoms with van der Waals surface area (Å²) in [4.78, 5) is 21.8. The van der Waals surface area contributed by atoms with Gasteiger partial charge in [-0.1, -0.05) is 23.9 Å². The molecule has 0 aromatic heterocycles. The van der Waals surface area contributed by atoms with E-state index in [4.69, 9.17) is 9.84 Å². The average molecular weight is 280 g/mol. The maximum Gasteiger partial charge on any atom is 0.336 e. The lowest BCUT2D eigenvalue weighted by molar-refractivity contribution is -0.109. The second-order valence-electron chi connectivity index (χ2n) is 3.79. The van der Waals surface area contributed by atoms with Crippen molar-refractivity contribution in [1.82, 2.24) is 0 Å². The number of ether oxygens (including phenoxy) is 1. The number of carbonyl (C=O) groups excluding carboxylic acids is 1. The smallest absolute Gasteiger partial charge is 0.336 e. The molecule has 0 atom stereocenters. The van der Waals surface area contributed by atoms with Gasteiger partial charge in [-0.15, -0.1) is 0 Å². The van der Waals surface area contributed by atoms with E-state index < -0.39 is 5.97 Å². The molecule has 0 heterocycles. The first kappa shape index (κ1) is 15.3. The van der Waals surface area contributed by atoms with Crippen molar-refractivity contribution in [2.45, 2.75) is 13.3 Å². The van der Waals surface area contributed by atoms with Gasteiger partial charge in [0.15, 0.2) is 5.12 Å². The van der Waals surface area contributed by atoms with Crippen LogP contribution in [-0.4, -0.2) is 29.1 Å². The van der Waals surface area contributed by atoms with Crippen molar-refractivity contribution in [3.05, 3.63) is 35.4 Å². The van der Waals surface area contributed by atoms with Gasteiger partial charge in [0.2, 0.25) is 0 Å². The number of carbonyl (C=O) groups is 2. The topological polar surface area (TPSA) is 63.6 Å². The molecule has 102 valence electrons. The largest absolute Gasteiger partial charge is 0.497 e. The van der Waals surface area contributed by atoms with Gasteiger partial charge in [0.1, 0.15) is 5.75 Å². The number of allylic oxidation sites excluding steroid dienone is 1. The molecule has 1 aromatic rings. The van der Waals surface area contributed by atoms with E-state index in [-0.39, 0.29) is 10.7 Å². The first-order chi connectivity index (χ1) is 9.04. The number of methoxy groups -OCH3 is 1. The molecule has 0 radical (unpaired) electrons. The van der Waals surface area contributed by atoms with Crippen LogP contribution in [0.3, 0.4) is 0 Å². The van der Waals surface area contributed by atoms with Crippen molar-refractivity contribution in [3.8, 4) is 5.75 Å². The van der Waals surface area contributed by atoms with Crippen molar-refractivity contribution < 1.29 is 19.4 Å². The van der Waals surface area contributed by atoms with Gasteiger partial charge in [-0.3, -0.25) is 4.79 Å². The summed E-state index contributed by atoms with van der Waals surface area (Å²) in [6.07, 6.45) is 4.31. The number of carboxylic acids is 1. The van der Waals surface area contributed by atoms with Crippen LogP contribution in [0.1, 0.15) is 29.3 Å². The summed E-state index contributed by atoms with van der Waals surface area (Å²) in [6.45, 7) is 1.53. The fraction of sp³-hybridized carbons (Fsp3) is 0.286. The van der Waals surface area contributed by atoms with Gasteiger partial charge in [-0.2, -0.15) is 0 Å². The average Bonchev–Trinajstić information content (AvgIpc) is 2.37. The molecule has 0 amide bonds. The van der Waals surface area contributed by atoms with Gasteiger partial charge in [0, 0.05) is 12.7 Å². The van der Waals surface area contributed by atoms with Crippen LogP contribution >= 0.6 is 11.8 Å². The minimum Gasteiger partial charge on any atom is -0.497 e. The van der Waals surface area contributed by atoms with Crippen molar-refractivity contribution in [2.24, 2.45) is 0 Å². The maximum atomic E-state index is 11.1. The maximum absolute atomic E-state index is 11.1. The number of hydrogen-bond acceptors (Lipinski definition) is 4. The summed E-state index contributed by atoms with van der Waals surface area (Å²) in [7, 11) is 1.53. The molecular weight excluding hydrogens is 264 g/mol. The minimum absolute atomic E-state index is 0.0843. The Hall–Kier alpha value is -1.75. The molecular formula is C14H16O4S. The third kappa shape index (κ3) is 5.18. The Morgan fingerprint density at radius 1 is 1.42 bits per heavy atom. The Morgan fingerprint density at radius 3 is 2.74 bits per heavy atom. The molecule has 1 N–H and O–H groups in total. The number of thioether (sulfide) groups is 1. The van der Waals surface area contributed by atoms with Crippen LogP contribution in [0.25, 0.3) is 6.08 Å². The van der Waals surface area contributed by atoms with Crippen molar-refractivity contribution >= 4 is 28.9 Å². The summed E-state index contributed by atoms with van der Waals surface area (Å²) < 4.78 is 5.07. The van der Waals surface area contributed by atoms with Crippen LogP contribution in [0.2, 0.25) is 0 Å². The number of hydrogen-bond donors (Lipinski definition) is 1. The molecule has 0 aliphatic carbocycles. The molecule has 0 saturated carbocycles. The Bertz CT molecular complexity index is 494. The summed E-state index contributed by atoms with van der Waals surface area (Å²) in [6, 6.07) is 4.82. The van der Waals surface area contributed by atoms with Gasteiger partial charge in [0.25, 0.3) is 0 Å². The summed E-state index contributed by atoms with van der Waals surface area (Å²) in [5.41, 5.74) is 0.830. The number of rotatable bonds is 6. The second kappa shape index (κ2) is 7.63. The van der Waals surface area contributed by atoms with Gasteiger partial charge in [-0.25, -0.2) is 4.79 Å². The highest BCUT2D eigenvalue weighted by atomic mass is 32.2. The van der Waals surface area contributed by atoms with Crippen LogP contribution in [0, 0.1) is 0 Å². The number of carboxylic acid groups (broad SMARTS) is 1. The van der Waals surface area contributed by atoms with Crippen LogP contribution in [-0.2, 0) is 4.79 Å². The first-order valence-electron chi connectivity index (χ1n) is 5.76. The van der Waals surface area contributed by atoms with E-state index >= 15 is 0 Å². The molecule has 0 unspecified atom stereocenters. The van der Waals surface area contributed by atoms with Crippen LogP contribution in [0.4, 0.5) is 0 Å². The highest BCUT2D eigenvalue weighted by molar-refractivity contribution is 8.13. The van der Waals surface area contributed by atoms with E-state index in [1.807, 2.05) is 6.08 Å². The quantitative estimate of drug-likeness (QED) is 0.811. The number of aromatic carboxylic acids is 1. The van der Waals surface area contributed by atoms with Crippen LogP contribution in [0.5, 0.6) is 5.75 Å². The zero-order valence-electron chi connectivity index (χ0n) is 10.9. The van der Waals surface area contributed by atoms with E-state index in [0.717, 1.165) is 0 Å². The molecule has 4 nitrogen and oxygen atoms in total. The Morgan fingerprint density at radius 2 is 2.16 bits per heavy atom. The molecule has 5 heteroatoms. The van der Waals surface area contributed by atoms with E-state index in [0.29, 0.717) is 23.5 Å². The third-order valence-corrected chi connectivity index (χ3v) is 3.22. The standard InChI is InChI=1S/C14H16O4S/c1-10(15)19-8-4-3-5-11-9-12(18-2)6-7-13(11)14(16)17/h3,5-7,9H,4,8H2,1-2H3,(H,16,17). The van der Waals surface area contributed by atoms with E-state index in [9.17, 15) is 9.59 Å². The predicted octanol–water partition coefficient (Wildman–Crippen LogP) is 3.08. The Kier molecular flexibility index (Phi) is 6.15. The van der Waals surface area contributed by atoms with E-state index in [1.54, 1.807) is 18.2 Å². The monoisotopic (exact) mass is 280 g/mol. The van der Waals surface area contributed by atoms with Crippen LogP contribution in [0.15, 0.2) is 24.3 Å². The van der Waals surface area contributed by atoms with Gasteiger partial charge in [0.05, 0.1) is 12.7 Å². The number of benzene rings is 1. The molecule has 0 aliphatic heterocycles. The van der Waals surface area contributed by atoms with Gasteiger partial charge in [-0.05, 0) is 30.2 Å². The van der Waals surface area contributed by atoms with Gasteiger partial charge < -0.3 is 9.84 Å². The molecule has 0 aliphatic rings. The lowest BCUT2D eigenvalue weighted by atomic mass is 10.1. The molecule has 1 rings (SSSR count). The zero-order chi connectivity index (χ0) is 14.3. The second-order valence-corrected chi connectivity index (χ2v) is 5.06. The van der Waals surface area contributed by atoms with Crippen molar-refractivity contribution in [2.75, 3.05) is 12.9 Å². The minimum atomic E-state index is -0.972. The molecule has 19 heavy (non-hydrogen) atoms. The first-order valence-corrected chi connectivity index (χ1v) is 6.74. The zero-order valence-corrected chi connectivity index (χ0v) is 11.7. The van der Waals surface area contributed by atoms with Gasteiger partial charge >= 0.3 is 5.97 Å². The normalized spacial score (nSPS) is 10.6. The highest BCUT2D eigenvalue weighted by Crippen LogP contribution is 2.19. The highest BCUT2D eigenvalue weighted by Gasteiger charge is 2.08. The van der Waals surface area contributed by atoms with Crippen molar-refractivity contribution in [1.29, 1.82) is 0 Å². The SMILES string of the molecule is COc1ccc(C(=O)O)c(C=CCCSC(C)=O)c1.